The Morgan fingerprint density at radius 2 is 1.81 bits per heavy atom. The molecule has 11 heteroatoms. The van der Waals surface area contributed by atoms with E-state index in [1.807, 2.05) is 84.9 Å². The number of aromatic nitrogens is 2. The molecule has 0 fully saturated rings. The maximum absolute atomic E-state index is 12.1. The van der Waals surface area contributed by atoms with Crippen molar-refractivity contribution in [2.75, 3.05) is 11.9 Å². The molecule has 0 aliphatic heterocycles. The van der Waals surface area contributed by atoms with Crippen LogP contribution in [-0.4, -0.2) is 41.1 Å². The van der Waals surface area contributed by atoms with Gasteiger partial charge in [0, 0.05) is 36.5 Å². The minimum absolute atomic E-state index is 0.0190. The van der Waals surface area contributed by atoms with E-state index in [0.717, 1.165) is 44.3 Å². The molecule has 6 aromatic rings. The summed E-state index contributed by atoms with van der Waals surface area (Å²) in [7, 11) is -2.21. The molecule has 6 rings (SSSR count). The monoisotopic (exact) mass is 730 g/mol. The minimum Gasteiger partial charge on any atom is -0.506 e. The standard InChI is InChI=1S/C42H46N4O6Si/c1-42(2,3)53(4,5)52-37(31-18-20-35(47)40-32(31)19-22-38(48)46-40)26-43-25-28-16-21-36-34(24-28)44-39(51-36)14-10-9-11-27-15-17-30(29-12-7-6-8-13-29)33(23-27)45-41(49)50/h6-9,11-13,15-24,37,43,45,47H,10,14,25-26H2,1-5H3,(H,46,48)(H,49,50)/t37-/m0/s1. The van der Waals surface area contributed by atoms with Crippen molar-refractivity contribution in [1.29, 1.82) is 0 Å². The van der Waals surface area contributed by atoms with Gasteiger partial charge in [0.25, 0.3) is 0 Å². The number of allylic oxidation sites excluding steroid dienone is 1. The van der Waals surface area contributed by atoms with Crippen LogP contribution in [0.3, 0.4) is 0 Å². The number of fused-ring (bicyclic) bond motifs is 2. The van der Waals surface area contributed by atoms with Crippen LogP contribution in [-0.2, 0) is 17.4 Å². The summed E-state index contributed by atoms with van der Waals surface area (Å²) in [5, 5.41) is 26.7. The molecule has 4 aromatic carbocycles. The number of phenols is 1. The molecule has 0 aliphatic carbocycles. The zero-order valence-electron chi connectivity index (χ0n) is 30.7. The molecule has 53 heavy (non-hydrogen) atoms. The number of hydrogen-bond donors (Lipinski definition) is 5. The highest BCUT2D eigenvalue weighted by Crippen LogP contribution is 2.41. The smallest absolute Gasteiger partial charge is 0.409 e. The Morgan fingerprint density at radius 1 is 1.02 bits per heavy atom. The number of hydrogen-bond acceptors (Lipinski definition) is 7. The number of amides is 1. The molecule has 0 radical (unpaired) electrons. The second-order valence-corrected chi connectivity index (χ2v) is 19.5. The first kappa shape index (κ1) is 37.3. The first-order valence-electron chi connectivity index (χ1n) is 17.8. The number of nitrogens with one attached hydrogen (secondary N) is 3. The third-order valence-corrected chi connectivity index (χ3v) is 14.3. The van der Waals surface area contributed by atoms with Crippen LogP contribution in [0.5, 0.6) is 5.75 Å². The molecule has 0 bridgehead atoms. The van der Waals surface area contributed by atoms with Crippen LogP contribution in [0.15, 0.2) is 106 Å². The Balaban J connectivity index is 1.11. The number of carbonyl (C=O) groups is 1. The van der Waals surface area contributed by atoms with Crippen LogP contribution in [0.25, 0.3) is 39.2 Å². The molecule has 0 aliphatic rings. The van der Waals surface area contributed by atoms with Gasteiger partial charge in [-0.1, -0.05) is 87.5 Å². The second-order valence-electron chi connectivity index (χ2n) is 14.7. The van der Waals surface area contributed by atoms with Crippen molar-refractivity contribution in [2.45, 2.75) is 64.4 Å². The molecule has 1 amide bonds. The lowest BCUT2D eigenvalue weighted by molar-refractivity contribution is 0.181. The number of aromatic amines is 1. The summed E-state index contributed by atoms with van der Waals surface area (Å²) in [6, 6.07) is 28.1. The Bertz CT molecular complexity index is 2320. The molecule has 1 atom stereocenters. The van der Waals surface area contributed by atoms with Crippen LogP contribution in [0.2, 0.25) is 18.1 Å². The first-order chi connectivity index (χ1) is 25.3. The number of oxazole rings is 1. The number of aromatic hydroxyl groups is 1. The molecular formula is C42H46N4O6Si. The molecule has 274 valence electrons. The zero-order chi connectivity index (χ0) is 37.8. The van der Waals surface area contributed by atoms with Crippen molar-refractivity contribution >= 4 is 48.2 Å². The highest BCUT2D eigenvalue weighted by molar-refractivity contribution is 6.74. The van der Waals surface area contributed by atoms with Gasteiger partial charge >= 0.3 is 6.09 Å². The van der Waals surface area contributed by atoms with Crippen LogP contribution < -0.4 is 16.2 Å². The number of phenolic OH excluding ortho intramolecular Hbond substituents is 1. The quantitative estimate of drug-likeness (QED) is 0.0738. The van der Waals surface area contributed by atoms with Crippen molar-refractivity contribution < 1.29 is 23.9 Å². The molecule has 0 spiro atoms. The number of rotatable bonds is 13. The SMILES string of the molecule is CC(C)(C)[Si](C)(C)O[C@@H](CNCc1ccc2oc(CCC=Cc3ccc(-c4ccccc4)c(NC(=O)O)c3)nc2c1)c1ccc(O)c2[nH]c(=O)ccc12. The zero-order valence-corrected chi connectivity index (χ0v) is 31.7. The van der Waals surface area contributed by atoms with Gasteiger partial charge in [0.1, 0.15) is 11.3 Å². The fraction of sp³-hybridized carbons (Fsp3) is 0.262. The number of carboxylic acid groups (broad SMARTS) is 1. The summed E-state index contributed by atoms with van der Waals surface area (Å²) >= 11 is 0. The third kappa shape index (κ3) is 8.94. The average molecular weight is 731 g/mol. The van der Waals surface area contributed by atoms with E-state index >= 15 is 0 Å². The third-order valence-electron chi connectivity index (χ3n) is 9.86. The van der Waals surface area contributed by atoms with Gasteiger partial charge in [-0.2, -0.15) is 0 Å². The highest BCUT2D eigenvalue weighted by Gasteiger charge is 2.39. The Kier molecular flexibility index (Phi) is 11.0. The average Bonchev–Trinajstić information content (AvgIpc) is 3.52. The topological polar surface area (TPSA) is 150 Å². The van der Waals surface area contributed by atoms with E-state index in [-0.39, 0.29) is 22.5 Å². The molecular weight excluding hydrogens is 685 g/mol. The van der Waals surface area contributed by atoms with E-state index in [1.54, 1.807) is 12.1 Å². The molecule has 0 unspecified atom stereocenters. The van der Waals surface area contributed by atoms with Gasteiger partial charge in [-0.3, -0.25) is 10.1 Å². The predicted octanol–water partition coefficient (Wildman–Crippen LogP) is 9.63. The lowest BCUT2D eigenvalue weighted by Gasteiger charge is -2.39. The number of anilines is 1. The summed E-state index contributed by atoms with van der Waals surface area (Å²) < 4.78 is 13.0. The molecule has 0 saturated heterocycles. The summed E-state index contributed by atoms with van der Waals surface area (Å²) in [5.74, 6) is 0.664. The molecule has 2 aromatic heterocycles. The Labute approximate surface area is 309 Å². The minimum atomic E-state index is -2.21. The second kappa shape index (κ2) is 15.6. The van der Waals surface area contributed by atoms with Gasteiger partial charge in [0.15, 0.2) is 19.8 Å². The van der Waals surface area contributed by atoms with Crippen molar-refractivity contribution in [3.8, 4) is 16.9 Å². The van der Waals surface area contributed by atoms with Gasteiger partial charge in [-0.15, -0.1) is 0 Å². The number of pyridine rings is 1. The normalized spacial score (nSPS) is 12.8. The number of nitrogens with zero attached hydrogens (tertiary/aromatic N) is 1. The number of benzene rings is 4. The van der Waals surface area contributed by atoms with E-state index < -0.39 is 14.4 Å². The van der Waals surface area contributed by atoms with Crippen LogP contribution >= 0.6 is 0 Å². The van der Waals surface area contributed by atoms with Crippen LogP contribution in [0.1, 0.15) is 55.9 Å². The Morgan fingerprint density at radius 3 is 2.57 bits per heavy atom. The van der Waals surface area contributed by atoms with Gasteiger partial charge < -0.3 is 29.4 Å². The first-order valence-corrected chi connectivity index (χ1v) is 20.7. The van der Waals surface area contributed by atoms with E-state index in [0.29, 0.717) is 43.0 Å². The summed E-state index contributed by atoms with van der Waals surface area (Å²) in [6.45, 7) is 12.1. The van der Waals surface area contributed by atoms with Crippen molar-refractivity contribution in [1.82, 2.24) is 15.3 Å². The summed E-state index contributed by atoms with van der Waals surface area (Å²) in [5.41, 5.74) is 6.74. The molecule has 10 nitrogen and oxygen atoms in total. The van der Waals surface area contributed by atoms with E-state index in [2.05, 4.69) is 49.5 Å². The fourth-order valence-corrected chi connectivity index (χ4v) is 7.33. The molecule has 5 N–H and O–H groups in total. The van der Waals surface area contributed by atoms with Crippen molar-refractivity contribution in [3.63, 3.8) is 0 Å². The molecule has 2 heterocycles. The van der Waals surface area contributed by atoms with E-state index in [4.69, 9.17) is 13.8 Å². The van der Waals surface area contributed by atoms with Crippen molar-refractivity contribution in [2.24, 2.45) is 0 Å². The number of aryl methyl sites for hydroxylation is 1. The van der Waals surface area contributed by atoms with Gasteiger partial charge in [0.05, 0.1) is 17.3 Å². The van der Waals surface area contributed by atoms with Gasteiger partial charge in [-0.25, -0.2) is 9.78 Å². The van der Waals surface area contributed by atoms with Gasteiger partial charge in [0.2, 0.25) is 5.56 Å². The summed E-state index contributed by atoms with van der Waals surface area (Å²) in [6.07, 6.45) is 3.88. The van der Waals surface area contributed by atoms with Crippen molar-refractivity contribution in [3.05, 3.63) is 130 Å². The van der Waals surface area contributed by atoms with E-state index in [9.17, 15) is 19.8 Å². The molecule has 0 saturated carbocycles. The maximum Gasteiger partial charge on any atom is 0.409 e. The lowest BCUT2D eigenvalue weighted by atomic mass is 10.0. The lowest BCUT2D eigenvalue weighted by Crippen LogP contribution is -2.43. The largest absolute Gasteiger partial charge is 0.506 e. The van der Waals surface area contributed by atoms with Crippen LogP contribution in [0.4, 0.5) is 10.5 Å². The maximum atomic E-state index is 12.1. The van der Waals surface area contributed by atoms with E-state index in [1.165, 1.54) is 6.07 Å². The highest BCUT2D eigenvalue weighted by atomic mass is 28.4. The fourth-order valence-electron chi connectivity index (χ4n) is 6.05. The summed E-state index contributed by atoms with van der Waals surface area (Å²) in [4.78, 5) is 31.1. The van der Waals surface area contributed by atoms with Gasteiger partial charge in [-0.05, 0) is 77.1 Å². The predicted molar refractivity (Wildman–Crippen MR) is 214 cm³/mol. The van der Waals surface area contributed by atoms with Crippen LogP contribution in [0, 0.1) is 0 Å². The number of H-pyrrole nitrogens is 1. The Hall–Kier alpha value is -5.49.